The molecule has 0 aliphatic rings. The minimum absolute atomic E-state index is 0.0133. The third-order valence-corrected chi connectivity index (χ3v) is 5.54. The zero-order valence-electron chi connectivity index (χ0n) is 16.1. The molecule has 0 radical (unpaired) electrons. The van der Waals surface area contributed by atoms with E-state index in [4.69, 9.17) is 20.4 Å². The molecule has 0 unspecified atom stereocenters. The molecular weight excluding hydrogens is 469 g/mol. The molecular formula is C20H14ClF3N4O3S. The van der Waals surface area contributed by atoms with Gasteiger partial charge in [-0.15, -0.1) is 10.2 Å². The Morgan fingerprint density at radius 3 is 2.59 bits per heavy atom. The maximum Gasteiger partial charge on any atom is 0.417 e. The van der Waals surface area contributed by atoms with Crippen LogP contribution in [0.25, 0.3) is 11.6 Å². The first-order valence-electron chi connectivity index (χ1n) is 9.10. The summed E-state index contributed by atoms with van der Waals surface area (Å²) in [5.74, 6) is 0.948. The van der Waals surface area contributed by atoms with E-state index in [1.165, 1.54) is 18.6 Å². The number of nitrogens with one attached hydrogen (secondary N) is 1. The topological polar surface area (TPSA) is 86.1 Å². The maximum atomic E-state index is 13.0. The monoisotopic (exact) mass is 482 g/mol. The SMILES string of the molecule is O=C(CSc1nnc(-c2ccco2)n1Cc1ccco1)Nc1ccc(Cl)c(C(F)(F)F)c1. The number of benzene rings is 1. The lowest BCUT2D eigenvalue weighted by atomic mass is 10.2. The normalized spacial score (nSPS) is 11.6. The molecule has 0 aliphatic heterocycles. The zero-order valence-corrected chi connectivity index (χ0v) is 17.7. The van der Waals surface area contributed by atoms with Crippen LogP contribution in [-0.2, 0) is 17.5 Å². The quantitative estimate of drug-likeness (QED) is 0.346. The second-order valence-corrected chi connectivity index (χ2v) is 7.83. The summed E-state index contributed by atoms with van der Waals surface area (Å²) in [4.78, 5) is 12.4. The van der Waals surface area contributed by atoms with Crippen LogP contribution in [0.1, 0.15) is 11.3 Å². The van der Waals surface area contributed by atoms with Gasteiger partial charge in [0, 0.05) is 5.69 Å². The van der Waals surface area contributed by atoms with Crippen LogP contribution in [0.2, 0.25) is 5.02 Å². The zero-order chi connectivity index (χ0) is 22.7. The van der Waals surface area contributed by atoms with Gasteiger partial charge in [-0.2, -0.15) is 13.2 Å². The molecule has 0 bridgehead atoms. The fourth-order valence-corrected chi connectivity index (χ4v) is 3.79. The third kappa shape index (κ3) is 5.00. The van der Waals surface area contributed by atoms with Crippen LogP contribution >= 0.6 is 23.4 Å². The van der Waals surface area contributed by atoms with E-state index < -0.39 is 22.7 Å². The molecule has 4 rings (SSSR count). The van der Waals surface area contributed by atoms with Crippen molar-refractivity contribution < 1.29 is 26.8 Å². The summed E-state index contributed by atoms with van der Waals surface area (Å²) in [5.41, 5.74) is -1.04. The molecule has 1 N–H and O–H groups in total. The molecule has 7 nitrogen and oxygen atoms in total. The first kappa shape index (κ1) is 22.0. The summed E-state index contributed by atoms with van der Waals surface area (Å²) < 4.78 is 51.6. The molecule has 0 saturated carbocycles. The van der Waals surface area contributed by atoms with E-state index in [1.54, 1.807) is 28.8 Å². The molecule has 12 heteroatoms. The van der Waals surface area contributed by atoms with Crippen molar-refractivity contribution in [3.05, 3.63) is 71.3 Å². The molecule has 0 spiro atoms. The van der Waals surface area contributed by atoms with Crippen molar-refractivity contribution >= 4 is 35.0 Å². The van der Waals surface area contributed by atoms with E-state index in [0.29, 0.717) is 29.0 Å². The van der Waals surface area contributed by atoms with E-state index in [2.05, 4.69) is 15.5 Å². The number of aromatic nitrogens is 3. The summed E-state index contributed by atoms with van der Waals surface area (Å²) in [6.07, 6.45) is -1.59. The number of carbonyl (C=O) groups is 1. The average molecular weight is 483 g/mol. The average Bonchev–Trinajstić information content (AvgIpc) is 3.49. The van der Waals surface area contributed by atoms with Crippen molar-refractivity contribution in [3.63, 3.8) is 0 Å². The number of amides is 1. The Labute approximate surface area is 188 Å². The van der Waals surface area contributed by atoms with Crippen molar-refractivity contribution in [2.75, 3.05) is 11.1 Å². The van der Waals surface area contributed by atoms with Crippen LogP contribution in [0, 0.1) is 0 Å². The Kier molecular flexibility index (Phi) is 6.28. The van der Waals surface area contributed by atoms with Gasteiger partial charge in [-0.25, -0.2) is 0 Å². The van der Waals surface area contributed by atoms with Crippen molar-refractivity contribution in [1.29, 1.82) is 0 Å². The number of rotatable bonds is 7. The number of hydrogen-bond donors (Lipinski definition) is 1. The summed E-state index contributed by atoms with van der Waals surface area (Å²) >= 11 is 6.68. The summed E-state index contributed by atoms with van der Waals surface area (Å²) in [6, 6.07) is 10.1. The maximum absolute atomic E-state index is 13.0. The molecule has 32 heavy (non-hydrogen) atoms. The largest absolute Gasteiger partial charge is 0.467 e. The van der Waals surface area contributed by atoms with E-state index in [0.717, 1.165) is 23.9 Å². The van der Waals surface area contributed by atoms with Crippen LogP contribution in [0.5, 0.6) is 0 Å². The van der Waals surface area contributed by atoms with Crippen molar-refractivity contribution in [3.8, 4) is 11.6 Å². The van der Waals surface area contributed by atoms with E-state index in [9.17, 15) is 18.0 Å². The van der Waals surface area contributed by atoms with Crippen LogP contribution in [0.4, 0.5) is 18.9 Å². The lowest BCUT2D eigenvalue weighted by Crippen LogP contribution is -2.16. The molecule has 3 aromatic heterocycles. The van der Waals surface area contributed by atoms with Gasteiger partial charge in [0.05, 0.1) is 35.4 Å². The minimum Gasteiger partial charge on any atom is -0.467 e. The number of furan rings is 2. The van der Waals surface area contributed by atoms with Crippen molar-refractivity contribution in [2.24, 2.45) is 0 Å². The fourth-order valence-electron chi connectivity index (χ4n) is 2.83. The number of thioether (sulfide) groups is 1. The first-order valence-corrected chi connectivity index (χ1v) is 10.5. The van der Waals surface area contributed by atoms with Gasteiger partial charge in [0.1, 0.15) is 5.76 Å². The fraction of sp³-hybridized carbons (Fsp3) is 0.150. The van der Waals surface area contributed by atoms with Crippen LogP contribution in [0.15, 0.2) is 69.0 Å². The van der Waals surface area contributed by atoms with E-state index >= 15 is 0 Å². The smallest absolute Gasteiger partial charge is 0.417 e. The Hall–Kier alpha value is -3.18. The highest BCUT2D eigenvalue weighted by Gasteiger charge is 2.33. The van der Waals surface area contributed by atoms with Gasteiger partial charge in [-0.1, -0.05) is 23.4 Å². The number of nitrogens with zero attached hydrogens (tertiary/aromatic N) is 3. The van der Waals surface area contributed by atoms with Crippen molar-refractivity contribution in [1.82, 2.24) is 14.8 Å². The van der Waals surface area contributed by atoms with Gasteiger partial charge in [0.15, 0.2) is 10.9 Å². The molecule has 0 aliphatic carbocycles. The number of halogens is 4. The highest BCUT2D eigenvalue weighted by molar-refractivity contribution is 7.99. The molecule has 3 heterocycles. The molecule has 1 amide bonds. The Morgan fingerprint density at radius 1 is 1.12 bits per heavy atom. The molecule has 1 aromatic carbocycles. The molecule has 0 fully saturated rings. The standard InChI is InChI=1S/C20H14ClF3N4O3S/c21-15-6-5-12(9-14(15)20(22,23)24)25-17(29)11-32-19-27-26-18(16-4-2-8-31-16)28(19)10-13-3-1-7-30-13/h1-9H,10-11H2,(H,25,29). The van der Waals surface area contributed by atoms with Crippen LogP contribution in [-0.4, -0.2) is 26.4 Å². The third-order valence-electron chi connectivity index (χ3n) is 4.24. The number of carbonyl (C=O) groups excluding carboxylic acids is 1. The first-order chi connectivity index (χ1) is 15.3. The van der Waals surface area contributed by atoms with Gasteiger partial charge in [-0.05, 0) is 42.5 Å². The number of hydrogen-bond acceptors (Lipinski definition) is 6. The Balaban J connectivity index is 1.48. The minimum atomic E-state index is -4.63. The Morgan fingerprint density at radius 2 is 1.91 bits per heavy atom. The van der Waals surface area contributed by atoms with E-state index in [1.807, 2.05) is 0 Å². The highest BCUT2D eigenvalue weighted by Crippen LogP contribution is 2.36. The van der Waals surface area contributed by atoms with Gasteiger partial charge in [0.25, 0.3) is 0 Å². The second-order valence-electron chi connectivity index (χ2n) is 6.48. The second kappa shape index (κ2) is 9.13. The van der Waals surface area contributed by atoms with E-state index in [-0.39, 0.29) is 11.4 Å². The predicted molar refractivity (Wildman–Crippen MR) is 111 cm³/mol. The molecule has 4 aromatic rings. The van der Waals surface area contributed by atoms with Gasteiger partial charge in [-0.3, -0.25) is 9.36 Å². The lowest BCUT2D eigenvalue weighted by molar-refractivity contribution is -0.137. The van der Waals surface area contributed by atoms with Gasteiger partial charge >= 0.3 is 6.18 Å². The highest BCUT2D eigenvalue weighted by atomic mass is 35.5. The Bertz CT molecular complexity index is 1210. The summed E-state index contributed by atoms with van der Waals surface area (Å²) in [7, 11) is 0. The molecule has 0 saturated heterocycles. The van der Waals surface area contributed by atoms with Gasteiger partial charge in [0.2, 0.25) is 11.7 Å². The van der Waals surface area contributed by atoms with Crippen molar-refractivity contribution in [2.45, 2.75) is 17.9 Å². The van der Waals surface area contributed by atoms with Crippen LogP contribution < -0.4 is 5.32 Å². The van der Waals surface area contributed by atoms with Crippen LogP contribution in [0.3, 0.4) is 0 Å². The number of anilines is 1. The predicted octanol–water partition coefficient (Wildman–Crippen LogP) is 5.58. The summed E-state index contributed by atoms with van der Waals surface area (Å²) in [6.45, 7) is 0.298. The molecule has 0 atom stereocenters. The molecule has 166 valence electrons. The van der Waals surface area contributed by atoms with Gasteiger partial charge < -0.3 is 14.2 Å². The number of alkyl halides is 3. The lowest BCUT2D eigenvalue weighted by Gasteiger charge is -2.12. The summed E-state index contributed by atoms with van der Waals surface area (Å²) in [5, 5.41) is 10.7.